The van der Waals surface area contributed by atoms with Gasteiger partial charge in [-0.15, -0.1) is 0 Å². The van der Waals surface area contributed by atoms with E-state index in [-0.39, 0.29) is 0 Å². The minimum Gasteiger partial charge on any atom is -0.485 e. The summed E-state index contributed by atoms with van der Waals surface area (Å²) < 4.78 is 8.40. The number of benzene rings is 2. The van der Waals surface area contributed by atoms with Gasteiger partial charge in [0.1, 0.15) is 37.2 Å². The van der Waals surface area contributed by atoms with Crippen LogP contribution < -0.4 is 9.64 Å². The van der Waals surface area contributed by atoms with Crippen molar-refractivity contribution in [2.75, 3.05) is 44.7 Å². The molecule has 0 saturated carbocycles. The third-order valence-corrected chi connectivity index (χ3v) is 7.38. The lowest BCUT2D eigenvalue weighted by Crippen LogP contribution is -2.47. The minimum atomic E-state index is 0.466. The molecular weight excluding hydrogens is 464 g/mol. The minimum absolute atomic E-state index is 0.466. The van der Waals surface area contributed by atoms with Crippen molar-refractivity contribution in [1.82, 2.24) is 19.4 Å². The molecule has 190 valence electrons. The van der Waals surface area contributed by atoms with Gasteiger partial charge in [0.2, 0.25) is 0 Å². The van der Waals surface area contributed by atoms with Crippen molar-refractivity contribution in [3.63, 3.8) is 0 Å². The van der Waals surface area contributed by atoms with Crippen LogP contribution >= 0.6 is 0 Å². The van der Waals surface area contributed by atoms with Crippen molar-refractivity contribution >= 4 is 22.3 Å². The highest BCUT2D eigenvalue weighted by molar-refractivity contribution is 5.97. The van der Waals surface area contributed by atoms with Gasteiger partial charge < -0.3 is 14.5 Å². The number of piperazine rings is 1. The summed E-state index contributed by atoms with van der Waals surface area (Å²) in [4.78, 5) is 19.3. The molecule has 4 heterocycles. The maximum atomic E-state index is 6.28. The zero-order valence-electron chi connectivity index (χ0n) is 21.6. The van der Waals surface area contributed by atoms with Gasteiger partial charge >= 0.3 is 0 Å². The van der Waals surface area contributed by atoms with E-state index in [1.165, 1.54) is 16.6 Å². The lowest BCUT2D eigenvalue weighted by atomic mass is 10.1. The summed E-state index contributed by atoms with van der Waals surface area (Å²) in [6.45, 7) is 9.53. The maximum Gasteiger partial charge on any atom is 0.147 e. The van der Waals surface area contributed by atoms with E-state index in [0.717, 1.165) is 78.9 Å². The van der Waals surface area contributed by atoms with Gasteiger partial charge in [0.15, 0.2) is 0 Å². The van der Waals surface area contributed by atoms with Crippen molar-refractivity contribution in [3.05, 3.63) is 77.5 Å². The summed E-state index contributed by atoms with van der Waals surface area (Å²) in [5.74, 6) is 0.956. The summed E-state index contributed by atoms with van der Waals surface area (Å²) in [6.07, 6.45) is 2.80. The summed E-state index contributed by atoms with van der Waals surface area (Å²) in [7, 11) is 1.55. The molecule has 6 rings (SSSR count). The van der Waals surface area contributed by atoms with Crippen LogP contribution in [0.25, 0.3) is 16.6 Å². The van der Waals surface area contributed by atoms with Crippen LogP contribution in [0.4, 0.5) is 5.69 Å². The van der Waals surface area contributed by atoms with E-state index in [0.29, 0.717) is 6.61 Å². The van der Waals surface area contributed by atoms with E-state index in [1.54, 1.807) is 7.11 Å². The maximum absolute atomic E-state index is 6.28. The van der Waals surface area contributed by atoms with Crippen LogP contribution in [0.5, 0.6) is 5.75 Å². The zero-order chi connectivity index (χ0) is 25.4. The largest absolute Gasteiger partial charge is 0.485 e. The highest BCUT2D eigenvalue weighted by atomic mass is 16.6. The van der Waals surface area contributed by atoms with Crippen LogP contribution in [-0.2, 0) is 17.9 Å². The molecule has 2 aromatic heterocycles. The molecule has 0 unspecified atom stereocenters. The van der Waals surface area contributed by atoms with Crippen LogP contribution in [0.3, 0.4) is 0 Å². The Balaban J connectivity index is 1.13. The summed E-state index contributed by atoms with van der Waals surface area (Å²) in [5.41, 5.74) is 8.24. The molecule has 0 spiro atoms. The van der Waals surface area contributed by atoms with Crippen LogP contribution in [-0.4, -0.2) is 65.0 Å². The van der Waals surface area contributed by atoms with E-state index in [9.17, 15) is 0 Å². The predicted octanol–water partition coefficient (Wildman–Crippen LogP) is 4.36. The lowest BCUT2D eigenvalue weighted by Gasteiger charge is -2.36. The van der Waals surface area contributed by atoms with Gasteiger partial charge in [0, 0.05) is 49.5 Å². The molecule has 1 saturated heterocycles. The molecule has 8 nitrogen and oxygen atoms in total. The number of imidazole rings is 1. The van der Waals surface area contributed by atoms with Crippen LogP contribution in [0.2, 0.25) is 0 Å². The number of para-hydroxylation sites is 1. The van der Waals surface area contributed by atoms with Crippen molar-refractivity contribution in [1.29, 1.82) is 0 Å². The first kappa shape index (κ1) is 23.5. The number of ether oxygens (including phenoxy) is 1. The Hall–Kier alpha value is -3.91. The van der Waals surface area contributed by atoms with E-state index in [4.69, 9.17) is 14.6 Å². The Labute approximate surface area is 217 Å². The lowest BCUT2D eigenvalue weighted by molar-refractivity contribution is 0.213. The van der Waals surface area contributed by atoms with Crippen molar-refractivity contribution < 1.29 is 9.57 Å². The van der Waals surface area contributed by atoms with Crippen molar-refractivity contribution in [2.24, 2.45) is 5.16 Å². The van der Waals surface area contributed by atoms with Gasteiger partial charge in [0.25, 0.3) is 0 Å². The number of aryl methyl sites for hydroxylation is 1. The number of oxime groups is 1. The molecule has 1 fully saturated rings. The molecule has 0 aliphatic carbocycles. The second-order valence-electron chi connectivity index (χ2n) is 9.70. The average molecular weight is 497 g/mol. The monoisotopic (exact) mass is 496 g/mol. The third-order valence-electron chi connectivity index (χ3n) is 7.38. The fourth-order valence-corrected chi connectivity index (χ4v) is 5.47. The Morgan fingerprint density at radius 1 is 1.03 bits per heavy atom. The van der Waals surface area contributed by atoms with Gasteiger partial charge in [0.05, 0.1) is 16.9 Å². The van der Waals surface area contributed by atoms with Crippen LogP contribution in [0.1, 0.15) is 29.6 Å². The number of fused-ring (bicyclic) bond motifs is 4. The fraction of sp³-hybridized carbons (Fsp3) is 0.345. The number of rotatable bonds is 6. The highest BCUT2D eigenvalue weighted by Gasteiger charge is 2.25. The molecule has 8 heteroatoms. The number of anilines is 1. The topological polar surface area (TPSA) is 68.0 Å². The second kappa shape index (κ2) is 9.86. The van der Waals surface area contributed by atoms with Gasteiger partial charge in [-0.3, -0.25) is 14.5 Å². The summed E-state index contributed by atoms with van der Waals surface area (Å²) >= 11 is 0. The number of aromatic nitrogens is 3. The number of pyridine rings is 1. The molecule has 2 aliphatic rings. The molecule has 0 N–H and O–H groups in total. The standard InChI is InChI=1S/C29H32N6O2/c1-20-10-11-23-24(31-20)7-5-8-25(23)34-16-14-33(15-17-34)13-12-22-6-4-9-26-29(22)37-18-27-28(21(2)32-36-3)30-19-35(26)27/h4-11,19H,12-18H2,1-3H3/b32-21+. The molecule has 2 aliphatic heterocycles. The molecule has 0 radical (unpaired) electrons. The molecule has 37 heavy (non-hydrogen) atoms. The van der Waals surface area contributed by atoms with Gasteiger partial charge in [-0.1, -0.05) is 23.4 Å². The summed E-state index contributed by atoms with van der Waals surface area (Å²) in [5, 5.41) is 5.28. The SMILES string of the molecule is CO/N=C(\C)c1ncn2c1COc1c(CCN3CCN(c4cccc5nc(C)ccc45)CC3)cccc1-2. The average Bonchev–Trinajstić information content (AvgIpc) is 3.37. The molecule has 0 atom stereocenters. The predicted molar refractivity (Wildman–Crippen MR) is 146 cm³/mol. The van der Waals surface area contributed by atoms with E-state index in [2.05, 4.69) is 73.0 Å². The fourth-order valence-electron chi connectivity index (χ4n) is 5.47. The molecular formula is C29H32N6O2. The van der Waals surface area contributed by atoms with E-state index in [1.807, 2.05) is 20.2 Å². The van der Waals surface area contributed by atoms with Gasteiger partial charge in [-0.2, -0.15) is 0 Å². The molecule has 2 aromatic carbocycles. The van der Waals surface area contributed by atoms with Gasteiger partial charge in [-0.05, 0) is 56.2 Å². The molecule has 0 amide bonds. The Morgan fingerprint density at radius 3 is 2.68 bits per heavy atom. The van der Waals surface area contributed by atoms with Crippen molar-refractivity contribution in [3.8, 4) is 11.4 Å². The number of hydrogen-bond acceptors (Lipinski definition) is 7. The van der Waals surface area contributed by atoms with E-state index >= 15 is 0 Å². The Morgan fingerprint density at radius 2 is 1.84 bits per heavy atom. The second-order valence-corrected chi connectivity index (χ2v) is 9.70. The Bertz CT molecular complexity index is 1470. The number of hydrogen-bond donors (Lipinski definition) is 0. The third kappa shape index (κ3) is 4.42. The number of nitrogens with zero attached hydrogens (tertiary/aromatic N) is 6. The van der Waals surface area contributed by atoms with E-state index < -0.39 is 0 Å². The van der Waals surface area contributed by atoms with Crippen molar-refractivity contribution in [2.45, 2.75) is 26.9 Å². The first-order chi connectivity index (χ1) is 18.1. The normalized spacial score (nSPS) is 15.9. The quantitative estimate of drug-likeness (QED) is 0.292. The zero-order valence-corrected chi connectivity index (χ0v) is 21.6. The molecule has 0 bridgehead atoms. The van der Waals surface area contributed by atoms with Gasteiger partial charge in [-0.25, -0.2) is 4.98 Å². The summed E-state index contributed by atoms with van der Waals surface area (Å²) in [6, 6.07) is 17.1. The first-order valence-corrected chi connectivity index (χ1v) is 12.9. The highest BCUT2D eigenvalue weighted by Crippen LogP contribution is 2.35. The Kier molecular flexibility index (Phi) is 6.26. The smallest absolute Gasteiger partial charge is 0.147 e. The molecule has 4 aromatic rings. The van der Waals surface area contributed by atoms with Crippen LogP contribution in [0.15, 0.2) is 60.0 Å². The first-order valence-electron chi connectivity index (χ1n) is 12.9. The van der Waals surface area contributed by atoms with Crippen LogP contribution in [0, 0.1) is 6.92 Å².